The third-order valence-electron chi connectivity index (χ3n) is 3.48. The maximum Gasteiger partial charge on any atom is 0.122 e. The molecule has 2 aromatic carbocycles. The third-order valence-corrected chi connectivity index (χ3v) is 4.96. The molecule has 0 saturated carbocycles. The van der Waals surface area contributed by atoms with Crippen molar-refractivity contribution in [2.45, 2.75) is 18.2 Å². The van der Waals surface area contributed by atoms with E-state index in [1.165, 1.54) is 16.7 Å². The van der Waals surface area contributed by atoms with Crippen molar-refractivity contribution in [1.82, 2.24) is 0 Å². The molecule has 0 fully saturated rings. The SMILES string of the molecule is Cc1cc(C(Br)c2ccc3c(c2)CCO3)ccc1Cl. The van der Waals surface area contributed by atoms with E-state index < -0.39 is 0 Å². The van der Waals surface area contributed by atoms with Crippen LogP contribution in [0, 0.1) is 6.92 Å². The molecular weight excluding hydrogens is 324 g/mol. The van der Waals surface area contributed by atoms with Gasteiger partial charge in [-0.05, 0) is 41.3 Å². The van der Waals surface area contributed by atoms with E-state index in [0.717, 1.165) is 29.4 Å². The smallest absolute Gasteiger partial charge is 0.122 e. The highest BCUT2D eigenvalue weighted by Gasteiger charge is 2.16. The van der Waals surface area contributed by atoms with Crippen LogP contribution in [0.2, 0.25) is 5.02 Å². The largest absolute Gasteiger partial charge is 0.493 e. The molecule has 1 atom stereocenters. The summed E-state index contributed by atoms with van der Waals surface area (Å²) in [6.07, 6.45) is 1.00. The van der Waals surface area contributed by atoms with Crippen molar-refractivity contribution in [3.63, 3.8) is 0 Å². The molecule has 2 aromatic rings. The zero-order valence-corrected chi connectivity index (χ0v) is 13.0. The molecule has 0 radical (unpaired) electrons. The van der Waals surface area contributed by atoms with Crippen molar-refractivity contribution >= 4 is 27.5 Å². The highest BCUT2D eigenvalue weighted by atomic mass is 79.9. The van der Waals surface area contributed by atoms with E-state index in [4.69, 9.17) is 16.3 Å². The van der Waals surface area contributed by atoms with E-state index in [9.17, 15) is 0 Å². The fraction of sp³-hybridized carbons (Fsp3) is 0.250. The molecule has 0 saturated heterocycles. The lowest BCUT2D eigenvalue weighted by Crippen LogP contribution is -1.94. The number of alkyl halides is 1. The Morgan fingerprint density at radius 1 is 1.16 bits per heavy atom. The number of hydrogen-bond acceptors (Lipinski definition) is 1. The maximum atomic E-state index is 6.08. The summed E-state index contributed by atoms with van der Waals surface area (Å²) < 4.78 is 5.54. The van der Waals surface area contributed by atoms with Crippen LogP contribution < -0.4 is 4.74 Å². The van der Waals surface area contributed by atoms with Crippen LogP contribution in [0.1, 0.15) is 27.1 Å². The summed E-state index contributed by atoms with van der Waals surface area (Å²) in [7, 11) is 0. The summed E-state index contributed by atoms with van der Waals surface area (Å²) in [6.45, 7) is 2.83. The molecule has 3 rings (SSSR count). The normalized spacial score (nSPS) is 14.9. The van der Waals surface area contributed by atoms with Gasteiger partial charge in [0, 0.05) is 11.4 Å². The number of ether oxygens (including phenoxy) is 1. The fourth-order valence-electron chi connectivity index (χ4n) is 2.38. The minimum atomic E-state index is 0.189. The molecule has 1 unspecified atom stereocenters. The molecule has 19 heavy (non-hydrogen) atoms. The number of fused-ring (bicyclic) bond motifs is 1. The number of hydrogen-bond donors (Lipinski definition) is 0. The Hall–Kier alpha value is -0.990. The van der Waals surface area contributed by atoms with Gasteiger partial charge in [0.2, 0.25) is 0 Å². The first-order valence-electron chi connectivity index (χ1n) is 6.31. The van der Waals surface area contributed by atoms with Gasteiger partial charge in [-0.3, -0.25) is 0 Å². The van der Waals surface area contributed by atoms with Crippen molar-refractivity contribution < 1.29 is 4.74 Å². The van der Waals surface area contributed by atoms with Gasteiger partial charge in [-0.1, -0.05) is 51.8 Å². The minimum Gasteiger partial charge on any atom is -0.493 e. The van der Waals surface area contributed by atoms with Gasteiger partial charge in [0.25, 0.3) is 0 Å². The Kier molecular flexibility index (Phi) is 3.55. The predicted molar refractivity (Wildman–Crippen MR) is 82.6 cm³/mol. The van der Waals surface area contributed by atoms with E-state index in [1.807, 2.05) is 13.0 Å². The number of benzene rings is 2. The van der Waals surface area contributed by atoms with Crippen molar-refractivity contribution in [3.05, 3.63) is 63.7 Å². The highest BCUT2D eigenvalue weighted by Crippen LogP contribution is 2.36. The Bertz CT molecular complexity index is 624. The van der Waals surface area contributed by atoms with Gasteiger partial charge in [-0.15, -0.1) is 0 Å². The van der Waals surface area contributed by atoms with Gasteiger partial charge >= 0.3 is 0 Å². The van der Waals surface area contributed by atoms with Crippen molar-refractivity contribution in [2.75, 3.05) is 6.61 Å². The molecule has 0 amide bonds. The Balaban J connectivity index is 1.94. The number of rotatable bonds is 2. The van der Waals surface area contributed by atoms with Gasteiger partial charge in [-0.25, -0.2) is 0 Å². The summed E-state index contributed by atoms with van der Waals surface area (Å²) >= 11 is 9.85. The first kappa shape index (κ1) is 13.0. The Morgan fingerprint density at radius 2 is 1.89 bits per heavy atom. The van der Waals surface area contributed by atoms with E-state index >= 15 is 0 Å². The summed E-state index contributed by atoms with van der Waals surface area (Å²) in [6, 6.07) is 12.6. The van der Waals surface area contributed by atoms with Crippen LogP contribution in [0.3, 0.4) is 0 Å². The molecule has 1 aliphatic heterocycles. The molecule has 0 aliphatic carbocycles. The summed E-state index contributed by atoms with van der Waals surface area (Å²) in [5.74, 6) is 1.02. The summed E-state index contributed by atoms with van der Waals surface area (Å²) in [5, 5.41) is 0.811. The van der Waals surface area contributed by atoms with E-state index in [2.05, 4.69) is 46.3 Å². The molecule has 98 valence electrons. The molecule has 0 N–H and O–H groups in total. The monoisotopic (exact) mass is 336 g/mol. The van der Waals surface area contributed by atoms with Crippen LogP contribution in [0.15, 0.2) is 36.4 Å². The predicted octanol–water partition coefficient (Wildman–Crippen LogP) is 5.07. The van der Waals surface area contributed by atoms with E-state index in [-0.39, 0.29) is 4.83 Å². The second-order valence-corrected chi connectivity index (χ2v) is 6.16. The first-order chi connectivity index (χ1) is 9.15. The number of halogens is 2. The Morgan fingerprint density at radius 3 is 2.68 bits per heavy atom. The number of aryl methyl sites for hydroxylation is 1. The van der Waals surface area contributed by atoms with E-state index in [1.54, 1.807) is 0 Å². The Labute approximate surface area is 126 Å². The van der Waals surface area contributed by atoms with Gasteiger partial charge in [0.1, 0.15) is 5.75 Å². The highest BCUT2D eigenvalue weighted by molar-refractivity contribution is 9.09. The molecular formula is C16H14BrClO. The molecule has 0 spiro atoms. The summed E-state index contributed by atoms with van der Waals surface area (Å²) in [5.41, 5.74) is 4.88. The molecule has 1 aliphatic rings. The van der Waals surface area contributed by atoms with Crippen molar-refractivity contribution in [3.8, 4) is 5.75 Å². The van der Waals surface area contributed by atoms with Crippen molar-refractivity contribution in [2.24, 2.45) is 0 Å². The van der Waals surface area contributed by atoms with Crippen LogP contribution >= 0.6 is 27.5 Å². The van der Waals surface area contributed by atoms with Crippen LogP contribution in [0.25, 0.3) is 0 Å². The van der Waals surface area contributed by atoms with E-state index in [0.29, 0.717) is 0 Å². The topological polar surface area (TPSA) is 9.23 Å². The first-order valence-corrected chi connectivity index (χ1v) is 7.60. The quantitative estimate of drug-likeness (QED) is 0.695. The third kappa shape index (κ3) is 2.52. The van der Waals surface area contributed by atoms with Crippen LogP contribution in [0.5, 0.6) is 5.75 Å². The molecule has 3 heteroatoms. The van der Waals surface area contributed by atoms with Gasteiger partial charge in [-0.2, -0.15) is 0 Å². The molecule has 1 heterocycles. The average Bonchev–Trinajstić information content (AvgIpc) is 2.88. The average molecular weight is 338 g/mol. The lowest BCUT2D eigenvalue weighted by Gasteiger charge is -2.13. The summed E-state index contributed by atoms with van der Waals surface area (Å²) in [4.78, 5) is 0.189. The molecule has 0 bridgehead atoms. The van der Waals surface area contributed by atoms with Crippen LogP contribution in [0.4, 0.5) is 0 Å². The van der Waals surface area contributed by atoms with Gasteiger partial charge in [0.15, 0.2) is 0 Å². The lowest BCUT2D eigenvalue weighted by atomic mass is 10.0. The second kappa shape index (κ2) is 5.18. The zero-order valence-electron chi connectivity index (χ0n) is 10.6. The van der Waals surface area contributed by atoms with Gasteiger partial charge < -0.3 is 4.74 Å². The second-order valence-electron chi connectivity index (χ2n) is 4.84. The molecule has 0 aromatic heterocycles. The zero-order chi connectivity index (χ0) is 13.4. The fourth-order valence-corrected chi connectivity index (χ4v) is 3.07. The maximum absolute atomic E-state index is 6.08. The molecule has 1 nitrogen and oxygen atoms in total. The van der Waals surface area contributed by atoms with Crippen molar-refractivity contribution in [1.29, 1.82) is 0 Å². The van der Waals surface area contributed by atoms with Gasteiger partial charge in [0.05, 0.1) is 11.4 Å². The lowest BCUT2D eigenvalue weighted by molar-refractivity contribution is 0.357. The standard InChI is InChI=1S/C16H14BrClO/c1-10-8-12(2-4-14(10)18)16(17)13-3-5-15-11(9-13)6-7-19-15/h2-5,8-9,16H,6-7H2,1H3. The minimum absolute atomic E-state index is 0.189. The van der Waals surface area contributed by atoms with Crippen LogP contribution in [-0.4, -0.2) is 6.61 Å². The van der Waals surface area contributed by atoms with Crippen LogP contribution in [-0.2, 0) is 6.42 Å².